The van der Waals surface area contributed by atoms with E-state index in [-0.39, 0.29) is 12.2 Å². The van der Waals surface area contributed by atoms with Crippen molar-refractivity contribution in [1.82, 2.24) is 0 Å². The van der Waals surface area contributed by atoms with E-state index in [4.69, 9.17) is 5.11 Å². The fourth-order valence-electron chi connectivity index (χ4n) is 1.59. The van der Waals surface area contributed by atoms with Crippen LogP contribution in [-0.4, -0.2) is 17.3 Å². The number of carboxylic acid groups (broad SMARTS) is 1. The second-order valence-electron chi connectivity index (χ2n) is 3.50. The van der Waals surface area contributed by atoms with Gasteiger partial charge in [-0.15, -0.1) is 0 Å². The summed E-state index contributed by atoms with van der Waals surface area (Å²) >= 11 is 0. The molecule has 1 heterocycles. The van der Waals surface area contributed by atoms with Crippen LogP contribution in [0.3, 0.4) is 0 Å². The number of aliphatic carboxylic acids is 1. The first kappa shape index (κ1) is 11.5. The van der Waals surface area contributed by atoms with Gasteiger partial charge in [-0.25, -0.2) is 4.79 Å². The molecule has 0 unspecified atom stereocenters. The van der Waals surface area contributed by atoms with Crippen molar-refractivity contribution in [2.75, 3.05) is 0 Å². The Hall–Kier alpha value is -1.98. The topological polar surface area (TPSA) is 46.5 Å². The van der Waals surface area contributed by atoms with Crippen LogP contribution in [0.1, 0.15) is 5.56 Å². The Balaban J connectivity index is 2.51. The van der Waals surface area contributed by atoms with Crippen LogP contribution in [0.5, 0.6) is 5.75 Å². The molecule has 0 fully saturated rings. The molecule has 0 radical (unpaired) electrons. The van der Waals surface area contributed by atoms with Gasteiger partial charge in [0.2, 0.25) is 5.76 Å². The normalized spacial score (nSPS) is 15.2. The number of halogens is 3. The number of allylic oxidation sites excluding steroid dienone is 1. The average Bonchev–Trinajstić information content (AvgIpc) is 2.26. The lowest BCUT2D eigenvalue weighted by Gasteiger charge is -2.22. The summed E-state index contributed by atoms with van der Waals surface area (Å²) in [7, 11) is 0. The minimum Gasteiger partial charge on any atom is -0.478 e. The summed E-state index contributed by atoms with van der Waals surface area (Å²) in [6.07, 6.45) is -5.10. The monoisotopic (exact) mass is 244 g/mol. The summed E-state index contributed by atoms with van der Waals surface area (Å²) in [6.45, 7) is 0. The van der Waals surface area contributed by atoms with Gasteiger partial charge in [-0.1, -0.05) is 18.2 Å². The molecule has 0 aromatic heterocycles. The zero-order valence-corrected chi connectivity index (χ0v) is 8.41. The average molecular weight is 244 g/mol. The molecule has 0 bridgehead atoms. The maximum atomic E-state index is 12.6. The Kier molecular flexibility index (Phi) is 2.57. The number of rotatable bonds is 1. The van der Waals surface area contributed by atoms with Gasteiger partial charge in [-0.3, -0.25) is 0 Å². The fourth-order valence-corrected chi connectivity index (χ4v) is 1.59. The maximum absolute atomic E-state index is 12.6. The highest BCUT2D eigenvalue weighted by molar-refractivity contribution is 5.88. The SMILES string of the molecule is O=C(O)C1=C(C(F)(F)F)Oc2ccccc2C1. The highest BCUT2D eigenvalue weighted by Gasteiger charge is 2.43. The van der Waals surface area contributed by atoms with Crippen LogP contribution >= 0.6 is 0 Å². The number of benzene rings is 1. The first-order chi connectivity index (χ1) is 7.89. The zero-order valence-electron chi connectivity index (χ0n) is 8.41. The van der Waals surface area contributed by atoms with Crippen molar-refractivity contribution in [3.8, 4) is 5.75 Å². The van der Waals surface area contributed by atoms with Crippen molar-refractivity contribution >= 4 is 5.97 Å². The third kappa shape index (κ3) is 2.11. The molecule has 0 amide bonds. The first-order valence-electron chi connectivity index (χ1n) is 4.69. The molecule has 1 aliphatic heterocycles. The van der Waals surface area contributed by atoms with Gasteiger partial charge in [-0.2, -0.15) is 13.2 Å². The molecule has 0 atom stereocenters. The molecule has 2 rings (SSSR count). The first-order valence-corrected chi connectivity index (χ1v) is 4.69. The van der Waals surface area contributed by atoms with Crippen LogP contribution in [-0.2, 0) is 11.2 Å². The Labute approximate surface area is 94.1 Å². The molecule has 0 saturated heterocycles. The fraction of sp³-hybridized carbons (Fsp3) is 0.182. The number of ether oxygens (including phenoxy) is 1. The quantitative estimate of drug-likeness (QED) is 0.825. The largest absolute Gasteiger partial charge is 0.478 e. The van der Waals surface area contributed by atoms with Gasteiger partial charge >= 0.3 is 12.1 Å². The van der Waals surface area contributed by atoms with E-state index in [1.165, 1.54) is 18.2 Å². The molecule has 6 heteroatoms. The molecule has 3 nitrogen and oxygen atoms in total. The van der Waals surface area contributed by atoms with E-state index >= 15 is 0 Å². The Morgan fingerprint density at radius 2 is 1.94 bits per heavy atom. The molecule has 90 valence electrons. The smallest absolute Gasteiger partial charge is 0.450 e. The lowest BCUT2D eigenvalue weighted by molar-refractivity contribution is -0.137. The van der Waals surface area contributed by atoms with Crippen LogP contribution in [0, 0.1) is 0 Å². The van der Waals surface area contributed by atoms with Gasteiger partial charge in [-0.05, 0) is 11.6 Å². The molecule has 1 aromatic carbocycles. The summed E-state index contributed by atoms with van der Waals surface area (Å²) in [5.74, 6) is -3.01. The Morgan fingerprint density at radius 3 is 2.53 bits per heavy atom. The number of hydrogen-bond acceptors (Lipinski definition) is 2. The third-order valence-electron chi connectivity index (χ3n) is 2.34. The Bertz CT molecular complexity index is 503. The van der Waals surface area contributed by atoms with E-state index in [1.54, 1.807) is 6.07 Å². The van der Waals surface area contributed by atoms with Crippen molar-refractivity contribution in [3.63, 3.8) is 0 Å². The van der Waals surface area contributed by atoms with Crippen LogP contribution in [0.2, 0.25) is 0 Å². The predicted octanol–water partition coefficient (Wildman–Crippen LogP) is 2.52. The van der Waals surface area contributed by atoms with Crippen molar-refractivity contribution in [3.05, 3.63) is 41.2 Å². The van der Waals surface area contributed by atoms with E-state index in [1.807, 2.05) is 0 Å². The van der Waals surface area contributed by atoms with Crippen molar-refractivity contribution in [1.29, 1.82) is 0 Å². The number of carboxylic acids is 1. The van der Waals surface area contributed by atoms with Gasteiger partial charge in [0.25, 0.3) is 0 Å². The molecule has 0 spiro atoms. The number of carbonyl (C=O) groups is 1. The molecule has 17 heavy (non-hydrogen) atoms. The summed E-state index contributed by atoms with van der Waals surface area (Å²) in [4.78, 5) is 10.8. The second-order valence-corrected chi connectivity index (χ2v) is 3.50. The van der Waals surface area contributed by atoms with E-state index in [9.17, 15) is 18.0 Å². The van der Waals surface area contributed by atoms with Crippen LogP contribution in [0.25, 0.3) is 0 Å². The van der Waals surface area contributed by atoms with E-state index in [2.05, 4.69) is 4.74 Å². The Morgan fingerprint density at radius 1 is 1.29 bits per heavy atom. The van der Waals surface area contributed by atoms with Crippen molar-refractivity contribution in [2.24, 2.45) is 0 Å². The van der Waals surface area contributed by atoms with E-state index in [0.29, 0.717) is 5.56 Å². The number of para-hydroxylation sites is 1. The van der Waals surface area contributed by atoms with Gasteiger partial charge in [0, 0.05) is 6.42 Å². The van der Waals surface area contributed by atoms with Crippen LogP contribution in [0.4, 0.5) is 13.2 Å². The van der Waals surface area contributed by atoms with Gasteiger partial charge in [0.1, 0.15) is 5.75 Å². The van der Waals surface area contributed by atoms with Crippen LogP contribution in [0.15, 0.2) is 35.6 Å². The molecule has 1 N–H and O–H groups in total. The summed E-state index contributed by atoms with van der Waals surface area (Å²) in [5.41, 5.74) is -0.339. The molecule has 1 aliphatic rings. The number of alkyl halides is 3. The number of hydrogen-bond donors (Lipinski definition) is 1. The lowest BCUT2D eigenvalue weighted by Crippen LogP contribution is -2.26. The third-order valence-corrected chi connectivity index (χ3v) is 2.34. The standard InChI is InChI=1S/C11H7F3O3/c12-11(13,14)9-7(10(15)16)5-6-3-1-2-4-8(6)17-9/h1-4H,5H2,(H,15,16). The van der Waals surface area contributed by atoms with Crippen LogP contribution < -0.4 is 4.74 Å². The highest BCUT2D eigenvalue weighted by Crippen LogP contribution is 2.37. The summed E-state index contributed by atoms with van der Waals surface area (Å²) < 4.78 is 42.4. The zero-order chi connectivity index (χ0) is 12.6. The highest BCUT2D eigenvalue weighted by atomic mass is 19.4. The minimum atomic E-state index is -4.80. The van der Waals surface area contributed by atoms with Crippen molar-refractivity contribution < 1.29 is 27.8 Å². The number of fused-ring (bicyclic) bond motifs is 1. The van der Waals surface area contributed by atoms with E-state index < -0.39 is 23.5 Å². The molecular weight excluding hydrogens is 237 g/mol. The summed E-state index contributed by atoms with van der Waals surface area (Å²) in [6, 6.07) is 6.05. The maximum Gasteiger partial charge on any atom is 0.450 e. The molecule has 0 aliphatic carbocycles. The van der Waals surface area contributed by atoms with Gasteiger partial charge < -0.3 is 9.84 Å². The van der Waals surface area contributed by atoms with Crippen molar-refractivity contribution in [2.45, 2.75) is 12.6 Å². The minimum absolute atomic E-state index is 0.0461. The lowest BCUT2D eigenvalue weighted by atomic mass is 10.0. The molecule has 0 saturated carbocycles. The summed E-state index contributed by atoms with van der Waals surface area (Å²) in [5, 5.41) is 8.76. The van der Waals surface area contributed by atoms with Gasteiger partial charge in [0.05, 0.1) is 5.57 Å². The second kappa shape index (κ2) is 3.80. The molecule has 1 aromatic rings. The molecular formula is C11H7F3O3. The van der Waals surface area contributed by atoms with Gasteiger partial charge in [0.15, 0.2) is 0 Å². The van der Waals surface area contributed by atoms with E-state index in [0.717, 1.165) is 0 Å². The predicted molar refractivity (Wildman–Crippen MR) is 51.5 cm³/mol.